The second-order valence-electron chi connectivity index (χ2n) is 5.64. The summed E-state index contributed by atoms with van der Waals surface area (Å²) < 4.78 is 25.2. The molecule has 0 amide bonds. The number of carbonyl (C=O) groups is 2. The van der Waals surface area contributed by atoms with Crippen molar-refractivity contribution in [2.24, 2.45) is 0 Å². The number of hydrogen-bond donors (Lipinski definition) is 0. The maximum absolute atomic E-state index is 14.2. The highest BCUT2D eigenvalue weighted by molar-refractivity contribution is 6.06. The molecule has 0 saturated heterocycles. The van der Waals surface area contributed by atoms with Gasteiger partial charge in [0.25, 0.3) is 0 Å². The highest BCUT2D eigenvalue weighted by Crippen LogP contribution is 2.30. The zero-order chi connectivity index (χ0) is 20.3. The van der Waals surface area contributed by atoms with E-state index in [2.05, 4.69) is 11.0 Å². The van der Waals surface area contributed by atoms with E-state index in [1.54, 1.807) is 30.3 Å². The molecule has 0 N–H and O–H groups in total. The number of ether oxygens (including phenoxy) is 2. The number of esters is 2. The van der Waals surface area contributed by atoms with E-state index in [1.165, 1.54) is 31.0 Å². The van der Waals surface area contributed by atoms with E-state index in [-0.39, 0.29) is 28.1 Å². The molecule has 0 bridgehead atoms. The van der Waals surface area contributed by atoms with Gasteiger partial charge in [0.15, 0.2) is 5.69 Å². The Balaban J connectivity index is 2.35. The number of benzene rings is 2. The van der Waals surface area contributed by atoms with Gasteiger partial charge in [-0.1, -0.05) is 30.2 Å². The van der Waals surface area contributed by atoms with Gasteiger partial charge in [-0.2, -0.15) is 5.10 Å². The third-order valence-electron chi connectivity index (χ3n) is 4.05. The average molecular weight is 378 g/mol. The molecule has 0 saturated carbocycles. The predicted octanol–water partition coefficient (Wildman–Crippen LogP) is 3.23. The van der Waals surface area contributed by atoms with Crippen molar-refractivity contribution in [1.29, 1.82) is 0 Å². The van der Waals surface area contributed by atoms with Crippen LogP contribution in [0.3, 0.4) is 0 Å². The molecule has 0 fully saturated rings. The van der Waals surface area contributed by atoms with Crippen LogP contribution in [-0.4, -0.2) is 35.9 Å². The van der Waals surface area contributed by atoms with Gasteiger partial charge in [-0.3, -0.25) is 0 Å². The van der Waals surface area contributed by atoms with Crippen molar-refractivity contribution in [1.82, 2.24) is 9.78 Å². The minimum Gasteiger partial charge on any atom is -0.465 e. The lowest BCUT2D eigenvalue weighted by Crippen LogP contribution is -2.15. The zero-order valence-corrected chi connectivity index (χ0v) is 15.1. The van der Waals surface area contributed by atoms with Crippen molar-refractivity contribution in [3.63, 3.8) is 0 Å². The zero-order valence-electron chi connectivity index (χ0n) is 15.1. The van der Waals surface area contributed by atoms with E-state index < -0.39 is 17.8 Å². The lowest BCUT2D eigenvalue weighted by atomic mass is 10.0. The number of carbonyl (C=O) groups excluding carboxylic acids is 2. The molecule has 7 heteroatoms. The van der Waals surface area contributed by atoms with Crippen molar-refractivity contribution in [2.75, 3.05) is 14.2 Å². The fourth-order valence-corrected chi connectivity index (χ4v) is 2.74. The van der Waals surface area contributed by atoms with Gasteiger partial charge < -0.3 is 9.47 Å². The molecular weight excluding hydrogens is 363 g/mol. The minimum atomic E-state index is -0.806. The SMILES string of the molecule is C#Cc1ccc(-c2nn(-c3ccccc3)c(C(=O)OC)c2C(=O)OC)cc1F. The minimum absolute atomic E-state index is 0.0681. The number of methoxy groups -OCH3 is 2. The van der Waals surface area contributed by atoms with Gasteiger partial charge in [-0.05, 0) is 24.3 Å². The molecule has 0 aliphatic heterocycles. The monoisotopic (exact) mass is 378 g/mol. The molecule has 3 aromatic rings. The highest BCUT2D eigenvalue weighted by atomic mass is 19.1. The number of rotatable bonds is 4. The molecule has 3 rings (SSSR count). The van der Waals surface area contributed by atoms with Gasteiger partial charge in [0, 0.05) is 5.56 Å². The summed E-state index contributed by atoms with van der Waals surface area (Å²) in [6, 6.07) is 12.8. The van der Waals surface area contributed by atoms with Crippen molar-refractivity contribution in [3.05, 3.63) is 71.2 Å². The predicted molar refractivity (Wildman–Crippen MR) is 99.6 cm³/mol. The summed E-state index contributed by atoms with van der Waals surface area (Å²) in [6.07, 6.45) is 5.26. The molecule has 0 unspecified atom stereocenters. The van der Waals surface area contributed by atoms with Crippen LogP contribution in [0.4, 0.5) is 4.39 Å². The lowest BCUT2D eigenvalue weighted by molar-refractivity contribution is 0.0549. The topological polar surface area (TPSA) is 70.4 Å². The van der Waals surface area contributed by atoms with E-state index in [0.29, 0.717) is 5.69 Å². The quantitative estimate of drug-likeness (QED) is 0.515. The number of halogens is 1. The van der Waals surface area contributed by atoms with Gasteiger partial charge >= 0.3 is 11.9 Å². The molecule has 0 spiro atoms. The van der Waals surface area contributed by atoms with Crippen molar-refractivity contribution < 1.29 is 23.5 Å². The third-order valence-corrected chi connectivity index (χ3v) is 4.05. The lowest BCUT2D eigenvalue weighted by Gasteiger charge is -2.07. The molecule has 1 heterocycles. The number of terminal acetylenes is 1. The molecular formula is C21H15FN2O4. The summed E-state index contributed by atoms with van der Waals surface area (Å²) in [4.78, 5) is 25.0. The Labute approximate surface area is 160 Å². The van der Waals surface area contributed by atoms with E-state index in [0.717, 1.165) is 6.07 Å². The second-order valence-corrected chi connectivity index (χ2v) is 5.64. The van der Waals surface area contributed by atoms with Crippen LogP contribution in [0.25, 0.3) is 16.9 Å². The van der Waals surface area contributed by atoms with Gasteiger partial charge in [-0.15, -0.1) is 6.42 Å². The van der Waals surface area contributed by atoms with Gasteiger partial charge in [-0.25, -0.2) is 18.7 Å². The Kier molecular flexibility index (Phi) is 5.23. The van der Waals surface area contributed by atoms with Crippen LogP contribution in [0.15, 0.2) is 48.5 Å². The third kappa shape index (κ3) is 3.23. The van der Waals surface area contributed by atoms with Crippen molar-refractivity contribution in [2.45, 2.75) is 0 Å². The Morgan fingerprint density at radius 2 is 1.75 bits per heavy atom. The average Bonchev–Trinajstić information content (AvgIpc) is 3.13. The Morgan fingerprint density at radius 1 is 1.07 bits per heavy atom. The normalized spacial score (nSPS) is 10.2. The molecule has 0 aliphatic rings. The van der Waals surface area contributed by atoms with Crippen LogP contribution in [0.2, 0.25) is 0 Å². The maximum Gasteiger partial charge on any atom is 0.357 e. The van der Waals surface area contributed by atoms with Crippen LogP contribution in [0, 0.1) is 18.2 Å². The number of aromatic nitrogens is 2. The Morgan fingerprint density at radius 3 is 2.32 bits per heavy atom. The van der Waals surface area contributed by atoms with Gasteiger partial charge in [0.2, 0.25) is 0 Å². The van der Waals surface area contributed by atoms with Crippen LogP contribution >= 0.6 is 0 Å². The summed E-state index contributed by atoms with van der Waals surface area (Å²) in [7, 11) is 2.36. The van der Waals surface area contributed by atoms with E-state index in [1.807, 2.05) is 0 Å². The molecule has 2 aromatic carbocycles. The summed E-state index contributed by atoms with van der Waals surface area (Å²) in [6.45, 7) is 0. The Bertz CT molecular complexity index is 1100. The molecule has 140 valence electrons. The second kappa shape index (κ2) is 7.76. The van der Waals surface area contributed by atoms with E-state index >= 15 is 0 Å². The summed E-state index contributed by atoms with van der Waals surface area (Å²) >= 11 is 0. The summed E-state index contributed by atoms with van der Waals surface area (Å²) in [5, 5.41) is 4.38. The molecule has 0 atom stereocenters. The largest absolute Gasteiger partial charge is 0.465 e. The molecule has 0 radical (unpaired) electrons. The van der Waals surface area contributed by atoms with Gasteiger partial charge in [0.1, 0.15) is 17.1 Å². The number of hydrogen-bond acceptors (Lipinski definition) is 5. The van der Waals surface area contributed by atoms with Gasteiger partial charge in [0.05, 0.1) is 25.5 Å². The molecule has 6 nitrogen and oxygen atoms in total. The van der Waals surface area contributed by atoms with E-state index in [4.69, 9.17) is 15.9 Å². The van der Waals surface area contributed by atoms with Crippen LogP contribution in [0.1, 0.15) is 26.4 Å². The standard InChI is InChI=1S/C21H15FN2O4/c1-4-13-10-11-14(12-16(13)22)18-17(20(25)27-2)19(21(26)28-3)24(23-18)15-8-6-5-7-9-15/h1,5-12H,2-3H3. The van der Waals surface area contributed by atoms with Crippen LogP contribution in [0.5, 0.6) is 0 Å². The van der Waals surface area contributed by atoms with Crippen molar-refractivity contribution >= 4 is 11.9 Å². The smallest absolute Gasteiger partial charge is 0.357 e. The van der Waals surface area contributed by atoms with Crippen molar-refractivity contribution in [3.8, 4) is 29.3 Å². The molecule has 0 aliphatic carbocycles. The highest BCUT2D eigenvalue weighted by Gasteiger charge is 2.31. The first kappa shape index (κ1) is 18.9. The van der Waals surface area contributed by atoms with Crippen LogP contribution < -0.4 is 0 Å². The first-order valence-corrected chi connectivity index (χ1v) is 8.13. The van der Waals surface area contributed by atoms with E-state index in [9.17, 15) is 14.0 Å². The summed E-state index contributed by atoms with van der Waals surface area (Å²) in [5.74, 6) is -0.0172. The van der Waals surface area contributed by atoms with Crippen LogP contribution in [-0.2, 0) is 9.47 Å². The fraction of sp³-hybridized carbons (Fsp3) is 0.0952. The first-order valence-electron chi connectivity index (χ1n) is 8.13. The number of nitrogens with zero attached hydrogens (tertiary/aromatic N) is 2. The first-order chi connectivity index (χ1) is 13.5. The summed E-state index contributed by atoms with van der Waals surface area (Å²) in [5.41, 5.74) is 0.650. The molecule has 28 heavy (non-hydrogen) atoms. The molecule has 1 aromatic heterocycles. The number of para-hydroxylation sites is 1. The fourth-order valence-electron chi connectivity index (χ4n) is 2.74. The maximum atomic E-state index is 14.2. The Hall–Kier alpha value is -3.92.